The maximum Gasteiger partial charge on any atom is 0.161 e. The zero-order valence-corrected chi connectivity index (χ0v) is 25.5. The molecule has 2 aromatic carbocycles. The summed E-state index contributed by atoms with van der Waals surface area (Å²) in [5.74, 6) is 2.14. The Labute approximate surface area is 261 Å². The molecule has 4 fully saturated rings. The molecule has 2 aliphatic carbocycles. The van der Waals surface area contributed by atoms with Crippen LogP contribution in [0.15, 0.2) is 54.9 Å². The fourth-order valence-corrected chi connectivity index (χ4v) is 7.26. The number of halogens is 1. The standard InChI is InChI=1S/C35H38FN5O4/c1-43-31-7-2-23(12-33(31)44-27-5-6-27)19-39-8-10-40(11-9-39)26-15-35(16-26)21-41(22-35)25-4-3-24(20-42)32(13-25)45-28-14-29-30(36)18-38-34(29)37-17-28/h2-4,7,12-14,17-18,20,26-27H,5-6,8-11,15-16,19,21-22H2,1H3,(H,37,38). The predicted molar refractivity (Wildman–Crippen MR) is 169 cm³/mol. The number of carbonyl (C=O) groups excluding carboxylic acids is 1. The number of carbonyl (C=O) groups is 1. The van der Waals surface area contributed by atoms with Crippen LogP contribution in [0.5, 0.6) is 23.0 Å². The average Bonchev–Trinajstić information content (AvgIpc) is 3.76. The number of fused-ring (bicyclic) bond motifs is 1. The zero-order valence-electron chi connectivity index (χ0n) is 25.5. The number of aldehydes is 1. The maximum atomic E-state index is 14.1. The van der Waals surface area contributed by atoms with Crippen molar-refractivity contribution in [2.75, 3.05) is 51.3 Å². The Morgan fingerprint density at radius 1 is 1.02 bits per heavy atom. The molecule has 2 aromatic heterocycles. The van der Waals surface area contributed by atoms with Crippen molar-refractivity contribution in [2.24, 2.45) is 5.41 Å². The van der Waals surface area contributed by atoms with Gasteiger partial charge in [-0.05, 0) is 61.6 Å². The molecule has 4 aliphatic rings. The van der Waals surface area contributed by atoms with Crippen molar-refractivity contribution in [2.45, 2.75) is 44.4 Å². The number of pyridine rings is 1. The van der Waals surface area contributed by atoms with Gasteiger partial charge >= 0.3 is 0 Å². The van der Waals surface area contributed by atoms with Gasteiger partial charge in [0.05, 0.1) is 30.4 Å². The molecule has 4 aromatic rings. The van der Waals surface area contributed by atoms with Gasteiger partial charge in [0.1, 0.15) is 23.0 Å². The third-order valence-electron chi connectivity index (χ3n) is 9.94. The van der Waals surface area contributed by atoms with Gasteiger partial charge in [-0.25, -0.2) is 9.37 Å². The minimum absolute atomic E-state index is 0.350. The Hall–Kier alpha value is -4.15. The van der Waals surface area contributed by atoms with Crippen molar-refractivity contribution in [1.82, 2.24) is 19.8 Å². The van der Waals surface area contributed by atoms with E-state index in [4.69, 9.17) is 14.2 Å². The fraction of sp³-hybridized carbons (Fsp3) is 0.429. The number of hydrogen-bond donors (Lipinski definition) is 1. The maximum absolute atomic E-state index is 14.1. The lowest BCUT2D eigenvalue weighted by Crippen LogP contribution is -2.68. The SMILES string of the molecule is COc1ccc(CN2CCN(C3CC4(C3)CN(c3ccc(C=O)c(Oc5cnc6[nH]cc(F)c6c5)c3)C4)CC2)cc1OC1CC1. The highest BCUT2D eigenvalue weighted by Crippen LogP contribution is 2.52. The normalized spacial score (nSPS) is 20.2. The van der Waals surface area contributed by atoms with Gasteiger partial charge in [-0.3, -0.25) is 14.6 Å². The highest BCUT2D eigenvalue weighted by Gasteiger charge is 2.54. The molecule has 2 saturated carbocycles. The summed E-state index contributed by atoms with van der Waals surface area (Å²) in [6, 6.07) is 14.3. The lowest BCUT2D eigenvalue weighted by atomic mass is 9.60. The summed E-state index contributed by atoms with van der Waals surface area (Å²) in [4.78, 5) is 26.4. The van der Waals surface area contributed by atoms with E-state index in [9.17, 15) is 9.18 Å². The minimum atomic E-state index is -0.388. The van der Waals surface area contributed by atoms with Gasteiger partial charge in [0.25, 0.3) is 0 Å². The van der Waals surface area contributed by atoms with Crippen molar-refractivity contribution < 1.29 is 23.4 Å². The molecule has 0 unspecified atom stereocenters. The van der Waals surface area contributed by atoms with E-state index < -0.39 is 0 Å². The number of H-pyrrole nitrogens is 1. The molecule has 234 valence electrons. The first-order valence-corrected chi connectivity index (χ1v) is 15.9. The summed E-state index contributed by atoms with van der Waals surface area (Å²) in [6.07, 6.45) is 8.67. The number of hydrogen-bond acceptors (Lipinski definition) is 8. The Balaban J connectivity index is 0.833. The second-order valence-corrected chi connectivity index (χ2v) is 13.2. The fourth-order valence-electron chi connectivity index (χ4n) is 7.26. The molecule has 1 N–H and O–H groups in total. The Kier molecular flexibility index (Phi) is 7.14. The molecule has 2 saturated heterocycles. The number of benzene rings is 2. The van der Waals surface area contributed by atoms with E-state index in [2.05, 4.69) is 36.8 Å². The first-order chi connectivity index (χ1) is 22.0. The van der Waals surface area contributed by atoms with Crippen LogP contribution in [-0.4, -0.2) is 84.6 Å². The molecule has 0 bridgehead atoms. The number of nitrogens with zero attached hydrogens (tertiary/aromatic N) is 4. The number of methoxy groups -OCH3 is 1. The van der Waals surface area contributed by atoms with Gasteiger partial charge in [-0.15, -0.1) is 0 Å². The molecule has 8 rings (SSSR count). The lowest BCUT2D eigenvalue weighted by Gasteiger charge is -2.62. The van der Waals surface area contributed by atoms with Crippen molar-refractivity contribution in [1.29, 1.82) is 0 Å². The molecule has 4 heterocycles. The van der Waals surface area contributed by atoms with Crippen LogP contribution < -0.4 is 19.1 Å². The van der Waals surface area contributed by atoms with E-state index in [0.29, 0.717) is 45.7 Å². The summed E-state index contributed by atoms with van der Waals surface area (Å²) in [5.41, 5.74) is 3.58. The molecule has 9 nitrogen and oxygen atoms in total. The number of aromatic amines is 1. The lowest BCUT2D eigenvalue weighted by molar-refractivity contribution is -0.0380. The topological polar surface area (TPSA) is 83.2 Å². The minimum Gasteiger partial charge on any atom is -0.493 e. The molecular formula is C35H38FN5O4. The van der Waals surface area contributed by atoms with Crippen LogP contribution in [0.1, 0.15) is 41.6 Å². The van der Waals surface area contributed by atoms with Gasteiger partial charge in [-0.2, -0.15) is 0 Å². The third-order valence-corrected chi connectivity index (χ3v) is 9.94. The second-order valence-electron chi connectivity index (χ2n) is 13.2. The first kappa shape index (κ1) is 28.3. The van der Waals surface area contributed by atoms with Crippen molar-refractivity contribution >= 4 is 23.0 Å². The van der Waals surface area contributed by atoms with Crippen LogP contribution in [0.4, 0.5) is 10.1 Å². The largest absolute Gasteiger partial charge is 0.493 e. The number of aromatic nitrogens is 2. The summed E-state index contributed by atoms with van der Waals surface area (Å²) in [5, 5.41) is 0.354. The predicted octanol–water partition coefficient (Wildman–Crippen LogP) is 5.64. The molecular weight excluding hydrogens is 573 g/mol. The van der Waals surface area contributed by atoms with Gasteiger partial charge < -0.3 is 24.1 Å². The van der Waals surface area contributed by atoms with Crippen LogP contribution in [0.3, 0.4) is 0 Å². The molecule has 0 atom stereocenters. The van der Waals surface area contributed by atoms with Gasteiger partial charge in [0, 0.05) is 75.2 Å². The zero-order chi connectivity index (χ0) is 30.5. The van der Waals surface area contributed by atoms with Crippen LogP contribution >= 0.6 is 0 Å². The molecule has 0 amide bonds. The summed E-state index contributed by atoms with van der Waals surface area (Å²) >= 11 is 0. The van der Waals surface area contributed by atoms with Gasteiger partial charge in [-0.1, -0.05) is 6.07 Å². The first-order valence-electron chi connectivity index (χ1n) is 15.9. The number of nitrogens with one attached hydrogen (secondary N) is 1. The molecule has 10 heteroatoms. The molecule has 2 aliphatic heterocycles. The van der Waals surface area contributed by atoms with E-state index >= 15 is 0 Å². The summed E-state index contributed by atoms with van der Waals surface area (Å²) in [7, 11) is 1.70. The van der Waals surface area contributed by atoms with Crippen LogP contribution in [0, 0.1) is 11.2 Å². The van der Waals surface area contributed by atoms with E-state index in [0.717, 1.165) is 82.1 Å². The number of piperazine rings is 1. The van der Waals surface area contributed by atoms with E-state index in [1.165, 1.54) is 30.8 Å². The number of rotatable bonds is 10. The summed E-state index contributed by atoms with van der Waals surface area (Å²) < 4.78 is 31.7. The van der Waals surface area contributed by atoms with Gasteiger partial charge in [0.15, 0.2) is 17.8 Å². The van der Waals surface area contributed by atoms with Crippen molar-refractivity contribution in [3.63, 3.8) is 0 Å². The molecule has 1 spiro atoms. The Morgan fingerprint density at radius 2 is 1.84 bits per heavy atom. The molecule has 0 radical (unpaired) electrons. The monoisotopic (exact) mass is 611 g/mol. The van der Waals surface area contributed by atoms with E-state index in [1.54, 1.807) is 19.2 Å². The van der Waals surface area contributed by atoms with Crippen LogP contribution in [0.25, 0.3) is 11.0 Å². The summed E-state index contributed by atoms with van der Waals surface area (Å²) in [6.45, 7) is 7.31. The average molecular weight is 612 g/mol. The van der Waals surface area contributed by atoms with Gasteiger partial charge in [0.2, 0.25) is 0 Å². The van der Waals surface area contributed by atoms with Crippen molar-refractivity contribution in [3.8, 4) is 23.0 Å². The second kappa shape index (κ2) is 11.3. The van der Waals surface area contributed by atoms with Crippen LogP contribution in [0.2, 0.25) is 0 Å². The highest BCUT2D eigenvalue weighted by molar-refractivity contribution is 5.82. The number of ether oxygens (including phenoxy) is 3. The Bertz CT molecular complexity index is 1720. The quantitative estimate of drug-likeness (QED) is 0.231. The van der Waals surface area contributed by atoms with E-state index in [-0.39, 0.29) is 5.82 Å². The smallest absolute Gasteiger partial charge is 0.161 e. The van der Waals surface area contributed by atoms with E-state index in [1.807, 2.05) is 18.2 Å². The number of anilines is 1. The van der Waals surface area contributed by atoms with Crippen LogP contribution in [-0.2, 0) is 6.54 Å². The third kappa shape index (κ3) is 5.61. The molecule has 45 heavy (non-hydrogen) atoms. The van der Waals surface area contributed by atoms with Crippen molar-refractivity contribution in [3.05, 3.63) is 71.8 Å². The Morgan fingerprint density at radius 3 is 2.60 bits per heavy atom. The highest BCUT2D eigenvalue weighted by atomic mass is 19.1.